The second kappa shape index (κ2) is 9.82. The predicted octanol–water partition coefficient (Wildman–Crippen LogP) is 3.91. The summed E-state index contributed by atoms with van der Waals surface area (Å²) in [7, 11) is 0. The molecule has 0 spiro atoms. The molecule has 0 aliphatic carbocycles. The molecule has 1 amide bonds. The van der Waals surface area contributed by atoms with E-state index in [2.05, 4.69) is 5.32 Å². The van der Waals surface area contributed by atoms with Crippen LogP contribution in [0.4, 0.5) is 21.5 Å². The molecule has 0 bridgehead atoms. The SMILES string of the molecule is O=C(COC(=O)c1ccc(N2CCCCCC2)c([N+](=O)[O-])c1)Nc1ccccc1F. The summed E-state index contributed by atoms with van der Waals surface area (Å²) in [5.41, 5.74) is 0.229. The van der Waals surface area contributed by atoms with Crippen molar-refractivity contribution in [2.45, 2.75) is 25.7 Å². The summed E-state index contributed by atoms with van der Waals surface area (Å²) < 4.78 is 18.5. The van der Waals surface area contributed by atoms with Gasteiger partial charge in [-0.1, -0.05) is 25.0 Å². The van der Waals surface area contributed by atoms with Gasteiger partial charge in [0.2, 0.25) is 0 Å². The van der Waals surface area contributed by atoms with Gasteiger partial charge in [-0.25, -0.2) is 9.18 Å². The fourth-order valence-corrected chi connectivity index (χ4v) is 3.34. The Bertz CT molecular complexity index is 942. The summed E-state index contributed by atoms with van der Waals surface area (Å²) in [4.78, 5) is 37.2. The normalized spacial score (nSPS) is 14.0. The summed E-state index contributed by atoms with van der Waals surface area (Å²) >= 11 is 0. The molecule has 1 heterocycles. The van der Waals surface area contributed by atoms with Crippen molar-refractivity contribution in [2.24, 2.45) is 0 Å². The van der Waals surface area contributed by atoms with E-state index in [0.29, 0.717) is 5.69 Å². The quantitative estimate of drug-likeness (QED) is 0.436. The van der Waals surface area contributed by atoms with Gasteiger partial charge >= 0.3 is 5.97 Å². The Labute approximate surface area is 172 Å². The maximum absolute atomic E-state index is 13.6. The van der Waals surface area contributed by atoms with Gasteiger partial charge in [0, 0.05) is 19.2 Å². The Morgan fingerprint density at radius 1 is 1.10 bits per heavy atom. The van der Waals surface area contributed by atoms with E-state index in [1.807, 2.05) is 4.90 Å². The van der Waals surface area contributed by atoms with Crippen LogP contribution in [-0.4, -0.2) is 36.5 Å². The number of nitro groups is 1. The Kier molecular flexibility index (Phi) is 6.95. The lowest BCUT2D eigenvalue weighted by Crippen LogP contribution is -2.25. The Morgan fingerprint density at radius 2 is 1.80 bits per heavy atom. The highest BCUT2D eigenvalue weighted by molar-refractivity contribution is 5.96. The molecular formula is C21H22FN3O5. The molecule has 0 aromatic heterocycles. The number of para-hydroxylation sites is 1. The van der Waals surface area contributed by atoms with E-state index < -0.39 is 29.2 Å². The minimum atomic E-state index is -0.871. The number of nitrogens with zero attached hydrogens (tertiary/aromatic N) is 2. The average molecular weight is 415 g/mol. The van der Waals surface area contributed by atoms with Gasteiger partial charge in [0.1, 0.15) is 11.5 Å². The molecule has 1 aliphatic rings. The Morgan fingerprint density at radius 3 is 2.47 bits per heavy atom. The van der Waals surface area contributed by atoms with Crippen LogP contribution in [0, 0.1) is 15.9 Å². The van der Waals surface area contributed by atoms with Crippen LogP contribution in [0.1, 0.15) is 36.0 Å². The highest BCUT2D eigenvalue weighted by Crippen LogP contribution is 2.31. The number of hydrogen-bond donors (Lipinski definition) is 1. The van der Waals surface area contributed by atoms with Crippen molar-refractivity contribution in [1.82, 2.24) is 0 Å². The number of amides is 1. The van der Waals surface area contributed by atoms with E-state index in [0.717, 1.165) is 44.8 Å². The van der Waals surface area contributed by atoms with Gasteiger partial charge in [-0.05, 0) is 37.1 Å². The molecule has 2 aromatic rings. The monoisotopic (exact) mass is 415 g/mol. The third-order valence-corrected chi connectivity index (χ3v) is 4.84. The number of carbonyl (C=O) groups is 2. The zero-order chi connectivity index (χ0) is 21.5. The molecule has 3 rings (SSSR count). The molecule has 9 heteroatoms. The number of rotatable bonds is 6. The highest BCUT2D eigenvalue weighted by Gasteiger charge is 2.23. The van der Waals surface area contributed by atoms with Crippen molar-refractivity contribution in [1.29, 1.82) is 0 Å². The van der Waals surface area contributed by atoms with Crippen LogP contribution in [0.15, 0.2) is 42.5 Å². The number of esters is 1. The third kappa shape index (κ3) is 5.31. The van der Waals surface area contributed by atoms with Gasteiger partial charge < -0.3 is 15.0 Å². The third-order valence-electron chi connectivity index (χ3n) is 4.84. The molecule has 1 aliphatic heterocycles. The van der Waals surface area contributed by atoms with E-state index in [4.69, 9.17) is 4.74 Å². The maximum atomic E-state index is 13.6. The molecule has 8 nitrogen and oxygen atoms in total. The van der Waals surface area contributed by atoms with Crippen LogP contribution in [0.3, 0.4) is 0 Å². The fourth-order valence-electron chi connectivity index (χ4n) is 3.34. The van der Waals surface area contributed by atoms with Crippen molar-refractivity contribution in [3.63, 3.8) is 0 Å². The Hall–Kier alpha value is -3.49. The number of benzene rings is 2. The zero-order valence-corrected chi connectivity index (χ0v) is 16.3. The molecular weight excluding hydrogens is 393 g/mol. The van der Waals surface area contributed by atoms with Crippen LogP contribution >= 0.6 is 0 Å². The van der Waals surface area contributed by atoms with Crippen LogP contribution in [0.25, 0.3) is 0 Å². The number of carbonyl (C=O) groups excluding carboxylic acids is 2. The van der Waals surface area contributed by atoms with Crippen LogP contribution in [0.2, 0.25) is 0 Å². The number of nitro benzene ring substituents is 1. The van der Waals surface area contributed by atoms with E-state index >= 15 is 0 Å². The second-order valence-corrected chi connectivity index (χ2v) is 6.97. The smallest absolute Gasteiger partial charge is 0.338 e. The van der Waals surface area contributed by atoms with Crippen LogP contribution < -0.4 is 10.2 Å². The molecule has 0 atom stereocenters. The van der Waals surface area contributed by atoms with Crippen LogP contribution in [0.5, 0.6) is 0 Å². The van der Waals surface area contributed by atoms with Gasteiger partial charge in [0.15, 0.2) is 6.61 Å². The van der Waals surface area contributed by atoms with E-state index in [1.165, 1.54) is 24.3 Å². The fraction of sp³-hybridized carbons (Fsp3) is 0.333. The molecule has 0 radical (unpaired) electrons. The van der Waals surface area contributed by atoms with Gasteiger partial charge in [-0.2, -0.15) is 0 Å². The first-order chi connectivity index (χ1) is 14.5. The molecule has 0 saturated carbocycles. The van der Waals surface area contributed by atoms with E-state index in [-0.39, 0.29) is 16.9 Å². The highest BCUT2D eigenvalue weighted by atomic mass is 19.1. The number of halogens is 1. The van der Waals surface area contributed by atoms with Crippen molar-refractivity contribution < 1.29 is 23.6 Å². The van der Waals surface area contributed by atoms with E-state index in [1.54, 1.807) is 12.1 Å². The lowest BCUT2D eigenvalue weighted by Gasteiger charge is -2.22. The average Bonchev–Trinajstić information content (AvgIpc) is 3.02. The summed E-state index contributed by atoms with van der Waals surface area (Å²) in [6.07, 6.45) is 4.09. The van der Waals surface area contributed by atoms with Crippen molar-refractivity contribution >= 4 is 28.9 Å². The number of nitrogens with one attached hydrogen (secondary N) is 1. The molecule has 1 saturated heterocycles. The first kappa shape index (κ1) is 21.2. The lowest BCUT2D eigenvalue weighted by molar-refractivity contribution is -0.384. The largest absolute Gasteiger partial charge is 0.452 e. The molecule has 30 heavy (non-hydrogen) atoms. The summed E-state index contributed by atoms with van der Waals surface area (Å²) in [5, 5.41) is 13.9. The number of hydrogen-bond acceptors (Lipinski definition) is 6. The van der Waals surface area contributed by atoms with Crippen molar-refractivity contribution in [2.75, 3.05) is 29.9 Å². The topological polar surface area (TPSA) is 102 Å². The van der Waals surface area contributed by atoms with Crippen molar-refractivity contribution in [3.05, 3.63) is 64.0 Å². The first-order valence-electron chi connectivity index (χ1n) is 9.70. The van der Waals surface area contributed by atoms with Crippen molar-refractivity contribution in [3.8, 4) is 0 Å². The molecule has 1 N–H and O–H groups in total. The minimum absolute atomic E-state index is 0.0287. The summed E-state index contributed by atoms with van der Waals surface area (Å²) in [6.45, 7) is 0.802. The number of anilines is 2. The van der Waals surface area contributed by atoms with E-state index in [9.17, 15) is 24.1 Å². The molecule has 158 valence electrons. The predicted molar refractivity (Wildman–Crippen MR) is 109 cm³/mol. The van der Waals surface area contributed by atoms with Gasteiger partial charge in [0.05, 0.1) is 16.2 Å². The van der Waals surface area contributed by atoms with Crippen LogP contribution in [-0.2, 0) is 9.53 Å². The standard InChI is InChI=1S/C21H22FN3O5/c22-16-7-3-4-8-17(16)23-20(26)14-30-21(27)15-9-10-18(19(13-15)25(28)29)24-11-5-1-2-6-12-24/h3-4,7-10,13H,1-2,5-6,11-12,14H2,(H,23,26). The number of ether oxygens (including phenoxy) is 1. The molecule has 2 aromatic carbocycles. The van der Waals surface area contributed by atoms with Gasteiger partial charge in [-0.15, -0.1) is 0 Å². The zero-order valence-electron chi connectivity index (χ0n) is 16.3. The summed E-state index contributed by atoms with van der Waals surface area (Å²) in [5.74, 6) is -2.20. The minimum Gasteiger partial charge on any atom is -0.452 e. The molecule has 1 fully saturated rings. The maximum Gasteiger partial charge on any atom is 0.338 e. The van der Waals surface area contributed by atoms with Gasteiger partial charge in [0.25, 0.3) is 11.6 Å². The second-order valence-electron chi connectivity index (χ2n) is 6.97. The summed E-state index contributed by atoms with van der Waals surface area (Å²) in [6, 6.07) is 9.75. The first-order valence-corrected chi connectivity index (χ1v) is 9.70. The van der Waals surface area contributed by atoms with Gasteiger partial charge in [-0.3, -0.25) is 14.9 Å². The Balaban J connectivity index is 1.66. The molecule has 0 unspecified atom stereocenters. The lowest BCUT2D eigenvalue weighted by atomic mass is 10.1.